The van der Waals surface area contributed by atoms with Gasteiger partial charge in [0, 0.05) is 19.1 Å². The van der Waals surface area contributed by atoms with Crippen LogP contribution >= 0.6 is 0 Å². The molecule has 0 spiro atoms. The zero-order valence-electron chi connectivity index (χ0n) is 8.54. The summed E-state index contributed by atoms with van der Waals surface area (Å²) in [5.74, 6) is -0.246. The molecule has 0 aromatic heterocycles. The molecule has 0 aromatic carbocycles. The molecule has 0 unspecified atom stereocenters. The normalized spacial score (nSPS) is 37.6. The van der Waals surface area contributed by atoms with Gasteiger partial charge in [-0.05, 0) is 19.3 Å². The third-order valence-electron chi connectivity index (χ3n) is 3.36. The average Bonchev–Trinajstić information content (AvgIpc) is 2.20. The minimum absolute atomic E-state index is 0.0563. The van der Waals surface area contributed by atoms with Crippen molar-refractivity contribution in [3.8, 4) is 0 Å². The highest BCUT2D eigenvalue weighted by Gasteiger charge is 2.48. The molecule has 3 heteroatoms. The molecule has 0 radical (unpaired) electrons. The van der Waals surface area contributed by atoms with Crippen molar-refractivity contribution in [2.45, 2.75) is 43.8 Å². The lowest BCUT2D eigenvalue weighted by molar-refractivity contribution is -0.185. The minimum Gasteiger partial charge on any atom is -0.456 e. The number of fused-ring (bicyclic) bond motifs is 1. The fourth-order valence-corrected chi connectivity index (χ4v) is 2.50. The lowest BCUT2D eigenvalue weighted by atomic mass is 9.76. The van der Waals surface area contributed by atoms with E-state index in [1.165, 1.54) is 0 Å². The SMILES string of the molecule is C=C1C[C@]2(OC)CCCC[C@H]2OC1=O. The highest BCUT2D eigenvalue weighted by Crippen LogP contribution is 2.41. The molecule has 1 heterocycles. The highest BCUT2D eigenvalue weighted by atomic mass is 16.6. The van der Waals surface area contributed by atoms with Crippen molar-refractivity contribution in [3.63, 3.8) is 0 Å². The number of carbonyl (C=O) groups excluding carboxylic acids is 1. The summed E-state index contributed by atoms with van der Waals surface area (Å²) in [4.78, 5) is 11.3. The van der Waals surface area contributed by atoms with E-state index in [2.05, 4.69) is 6.58 Å². The fourth-order valence-electron chi connectivity index (χ4n) is 2.50. The maximum absolute atomic E-state index is 11.3. The van der Waals surface area contributed by atoms with Gasteiger partial charge in [-0.2, -0.15) is 0 Å². The van der Waals surface area contributed by atoms with Crippen LogP contribution < -0.4 is 0 Å². The Morgan fingerprint density at radius 1 is 1.57 bits per heavy atom. The summed E-state index contributed by atoms with van der Waals surface area (Å²) in [6.07, 6.45) is 4.74. The summed E-state index contributed by atoms with van der Waals surface area (Å²) in [5, 5.41) is 0. The van der Waals surface area contributed by atoms with Crippen LogP contribution in [0.1, 0.15) is 32.1 Å². The van der Waals surface area contributed by atoms with Crippen LogP contribution in [0.2, 0.25) is 0 Å². The third kappa shape index (κ3) is 1.36. The molecule has 1 aliphatic carbocycles. The Kier molecular flexibility index (Phi) is 2.35. The first-order valence-corrected chi connectivity index (χ1v) is 5.12. The Balaban J connectivity index is 2.23. The molecule has 0 N–H and O–H groups in total. The van der Waals surface area contributed by atoms with Crippen LogP contribution in [-0.2, 0) is 14.3 Å². The number of methoxy groups -OCH3 is 1. The van der Waals surface area contributed by atoms with Gasteiger partial charge in [-0.1, -0.05) is 13.0 Å². The fraction of sp³-hybridized carbons (Fsp3) is 0.727. The number of esters is 1. The van der Waals surface area contributed by atoms with Crippen LogP contribution in [-0.4, -0.2) is 24.8 Å². The van der Waals surface area contributed by atoms with Crippen molar-refractivity contribution in [1.82, 2.24) is 0 Å². The number of ether oxygens (including phenoxy) is 2. The molecular weight excluding hydrogens is 180 g/mol. The maximum atomic E-state index is 11.3. The Labute approximate surface area is 84.1 Å². The number of rotatable bonds is 1. The van der Waals surface area contributed by atoms with E-state index >= 15 is 0 Å². The topological polar surface area (TPSA) is 35.5 Å². The average molecular weight is 196 g/mol. The van der Waals surface area contributed by atoms with Crippen LogP contribution in [0, 0.1) is 0 Å². The monoisotopic (exact) mass is 196 g/mol. The maximum Gasteiger partial charge on any atom is 0.333 e. The van der Waals surface area contributed by atoms with Gasteiger partial charge in [0.2, 0.25) is 0 Å². The van der Waals surface area contributed by atoms with Crippen molar-refractivity contribution in [2.75, 3.05) is 7.11 Å². The Morgan fingerprint density at radius 2 is 2.36 bits per heavy atom. The van der Waals surface area contributed by atoms with Crippen LogP contribution in [0.4, 0.5) is 0 Å². The molecule has 2 rings (SSSR count). The van der Waals surface area contributed by atoms with Gasteiger partial charge < -0.3 is 9.47 Å². The van der Waals surface area contributed by atoms with Crippen molar-refractivity contribution in [1.29, 1.82) is 0 Å². The van der Waals surface area contributed by atoms with Gasteiger partial charge in [0.25, 0.3) is 0 Å². The first kappa shape index (κ1) is 9.71. The molecule has 0 amide bonds. The predicted octanol–water partition coefficient (Wildman–Crippen LogP) is 1.82. The zero-order valence-corrected chi connectivity index (χ0v) is 8.54. The van der Waals surface area contributed by atoms with Crippen LogP contribution in [0.5, 0.6) is 0 Å². The molecule has 1 saturated heterocycles. The summed E-state index contributed by atoms with van der Waals surface area (Å²) < 4.78 is 10.9. The van der Waals surface area contributed by atoms with E-state index in [0.717, 1.165) is 25.7 Å². The molecule has 2 fully saturated rings. The first-order chi connectivity index (χ1) is 6.68. The molecular formula is C11H16O3. The Morgan fingerprint density at radius 3 is 3.07 bits per heavy atom. The second-order valence-electron chi connectivity index (χ2n) is 4.19. The van der Waals surface area contributed by atoms with E-state index in [0.29, 0.717) is 12.0 Å². The molecule has 0 aromatic rings. The van der Waals surface area contributed by atoms with Crippen LogP contribution in [0.3, 0.4) is 0 Å². The van der Waals surface area contributed by atoms with E-state index in [1.807, 2.05) is 0 Å². The molecule has 78 valence electrons. The molecule has 14 heavy (non-hydrogen) atoms. The van der Waals surface area contributed by atoms with Crippen LogP contribution in [0.25, 0.3) is 0 Å². The lowest BCUT2D eigenvalue weighted by Gasteiger charge is -2.45. The van der Waals surface area contributed by atoms with E-state index in [1.54, 1.807) is 7.11 Å². The van der Waals surface area contributed by atoms with E-state index in [9.17, 15) is 4.79 Å². The summed E-state index contributed by atoms with van der Waals surface area (Å²) in [6, 6.07) is 0. The molecule has 1 saturated carbocycles. The minimum atomic E-state index is -0.275. The van der Waals surface area contributed by atoms with Crippen molar-refractivity contribution < 1.29 is 14.3 Å². The second kappa shape index (κ2) is 3.39. The van der Waals surface area contributed by atoms with Crippen molar-refractivity contribution in [2.24, 2.45) is 0 Å². The summed E-state index contributed by atoms with van der Waals surface area (Å²) in [5.41, 5.74) is 0.272. The summed E-state index contributed by atoms with van der Waals surface area (Å²) in [7, 11) is 1.70. The van der Waals surface area contributed by atoms with E-state index < -0.39 is 0 Å². The van der Waals surface area contributed by atoms with Gasteiger partial charge in [-0.25, -0.2) is 4.79 Å². The lowest BCUT2D eigenvalue weighted by Crippen LogP contribution is -2.52. The summed E-state index contributed by atoms with van der Waals surface area (Å²) >= 11 is 0. The van der Waals surface area contributed by atoms with E-state index in [4.69, 9.17) is 9.47 Å². The van der Waals surface area contributed by atoms with Crippen LogP contribution in [0.15, 0.2) is 12.2 Å². The molecule has 0 bridgehead atoms. The van der Waals surface area contributed by atoms with Crippen molar-refractivity contribution >= 4 is 5.97 Å². The van der Waals surface area contributed by atoms with Crippen molar-refractivity contribution in [3.05, 3.63) is 12.2 Å². The molecule has 1 aliphatic heterocycles. The quantitative estimate of drug-likeness (QED) is 0.474. The zero-order chi connectivity index (χ0) is 10.2. The van der Waals surface area contributed by atoms with E-state index in [-0.39, 0.29) is 17.7 Å². The second-order valence-corrected chi connectivity index (χ2v) is 4.19. The summed E-state index contributed by atoms with van der Waals surface area (Å²) in [6.45, 7) is 3.72. The first-order valence-electron chi connectivity index (χ1n) is 5.12. The van der Waals surface area contributed by atoms with Gasteiger partial charge >= 0.3 is 5.97 Å². The third-order valence-corrected chi connectivity index (χ3v) is 3.36. The Hall–Kier alpha value is -0.830. The molecule has 2 aliphatic rings. The Bertz CT molecular complexity index is 272. The van der Waals surface area contributed by atoms with Gasteiger partial charge in [-0.3, -0.25) is 0 Å². The molecule has 2 atom stereocenters. The standard InChI is InChI=1S/C11H16O3/c1-8-7-11(13-2)6-4-3-5-9(11)14-10(8)12/h9H,1,3-7H2,2H3/t9-,11-/m1/s1. The van der Waals surface area contributed by atoms with Gasteiger partial charge in [-0.15, -0.1) is 0 Å². The number of hydrogen-bond acceptors (Lipinski definition) is 3. The highest BCUT2D eigenvalue weighted by molar-refractivity contribution is 5.89. The molecule has 3 nitrogen and oxygen atoms in total. The largest absolute Gasteiger partial charge is 0.456 e. The predicted molar refractivity (Wildman–Crippen MR) is 51.8 cm³/mol. The van der Waals surface area contributed by atoms with Gasteiger partial charge in [0.05, 0.1) is 0 Å². The number of hydrogen-bond donors (Lipinski definition) is 0. The smallest absolute Gasteiger partial charge is 0.333 e. The number of carbonyl (C=O) groups is 1. The van der Waals surface area contributed by atoms with Gasteiger partial charge in [0.1, 0.15) is 11.7 Å². The van der Waals surface area contributed by atoms with Gasteiger partial charge in [0.15, 0.2) is 0 Å².